The smallest absolute Gasteiger partial charge is 0.187 e. The van der Waals surface area contributed by atoms with E-state index in [1.807, 2.05) is 0 Å². The molecule has 1 fully saturated rings. The van der Waals surface area contributed by atoms with E-state index < -0.39 is 29.2 Å². The number of benzene rings is 4. The van der Waals surface area contributed by atoms with E-state index in [0.29, 0.717) is 39.4 Å². The first-order valence-electron chi connectivity index (χ1n) is 13.8. The summed E-state index contributed by atoms with van der Waals surface area (Å²) in [7, 11) is 2.98. The Bertz CT molecular complexity index is 1850. The molecule has 214 valence electrons. The van der Waals surface area contributed by atoms with Gasteiger partial charge in [-0.05, 0) is 36.4 Å². The van der Waals surface area contributed by atoms with Gasteiger partial charge in [-0.3, -0.25) is 14.4 Å². The number of anilines is 1. The van der Waals surface area contributed by atoms with Crippen LogP contribution in [0.15, 0.2) is 91.0 Å². The van der Waals surface area contributed by atoms with Crippen LogP contribution in [0.3, 0.4) is 0 Å². The Balaban J connectivity index is 1.60. The lowest BCUT2D eigenvalue weighted by molar-refractivity contribution is 0.0664. The van der Waals surface area contributed by atoms with Crippen LogP contribution in [0.25, 0.3) is 6.08 Å². The molecule has 6 nitrogen and oxygen atoms in total. The largest absolute Gasteiger partial charge is 0.493 e. The van der Waals surface area contributed by atoms with E-state index in [1.165, 1.54) is 26.4 Å². The molecule has 0 radical (unpaired) electrons. The van der Waals surface area contributed by atoms with E-state index in [9.17, 15) is 18.8 Å². The van der Waals surface area contributed by atoms with Gasteiger partial charge in [0.1, 0.15) is 17.3 Å². The van der Waals surface area contributed by atoms with Crippen LogP contribution in [0, 0.1) is 11.2 Å². The zero-order valence-corrected chi connectivity index (χ0v) is 24.0. The third-order valence-electron chi connectivity index (χ3n) is 8.94. The fraction of sp³-hybridized carbons (Fsp3) is 0.171. The summed E-state index contributed by atoms with van der Waals surface area (Å²) in [6.45, 7) is 0. The van der Waals surface area contributed by atoms with Crippen molar-refractivity contribution in [2.24, 2.45) is 5.41 Å². The average Bonchev–Trinajstić information content (AvgIpc) is 3.46. The molecule has 0 unspecified atom stereocenters. The molecule has 8 heteroatoms. The monoisotopic (exact) mass is 593 g/mol. The van der Waals surface area contributed by atoms with Crippen LogP contribution >= 0.6 is 11.6 Å². The number of carbonyl (C=O) groups excluding carboxylic acids is 3. The summed E-state index contributed by atoms with van der Waals surface area (Å²) in [4.78, 5) is 46.3. The quantitative estimate of drug-likeness (QED) is 0.187. The van der Waals surface area contributed by atoms with Crippen LogP contribution in [-0.2, 0) is 0 Å². The maximum Gasteiger partial charge on any atom is 0.187 e. The number of carbonyl (C=O) groups is 3. The minimum Gasteiger partial charge on any atom is -0.493 e. The fourth-order valence-electron chi connectivity index (χ4n) is 7.27. The number of ether oxygens (including phenoxy) is 2. The van der Waals surface area contributed by atoms with Crippen LogP contribution < -0.4 is 14.4 Å². The summed E-state index contributed by atoms with van der Waals surface area (Å²) >= 11 is 6.59. The van der Waals surface area contributed by atoms with Gasteiger partial charge in [0, 0.05) is 39.4 Å². The van der Waals surface area contributed by atoms with Crippen LogP contribution in [0.5, 0.6) is 11.5 Å². The number of para-hydroxylation sites is 1. The van der Waals surface area contributed by atoms with Crippen molar-refractivity contribution in [1.82, 2.24) is 0 Å². The van der Waals surface area contributed by atoms with Gasteiger partial charge < -0.3 is 14.4 Å². The molecule has 43 heavy (non-hydrogen) atoms. The van der Waals surface area contributed by atoms with Gasteiger partial charge in [0.2, 0.25) is 0 Å². The van der Waals surface area contributed by atoms with Crippen molar-refractivity contribution in [3.05, 3.63) is 130 Å². The zero-order chi connectivity index (χ0) is 30.0. The van der Waals surface area contributed by atoms with Crippen molar-refractivity contribution < 1.29 is 28.2 Å². The third kappa shape index (κ3) is 3.61. The molecule has 3 atom stereocenters. The number of rotatable bonds is 5. The molecule has 4 aromatic rings. The molecule has 4 aromatic carbocycles. The SMILES string of the molecule is COc1cccc([C@H]2[C@H](C(=O)c3ccccc3Cl)N3c4ccc(F)cc4C=C[C@@H]3C23C(=O)c2ccccc2C3=O)c1OC. The average molecular weight is 594 g/mol. The number of halogens is 2. The van der Waals surface area contributed by atoms with E-state index in [4.69, 9.17) is 21.1 Å². The number of ketones is 3. The molecule has 1 spiro atoms. The second-order valence-corrected chi connectivity index (χ2v) is 11.2. The second kappa shape index (κ2) is 9.92. The van der Waals surface area contributed by atoms with Crippen molar-refractivity contribution >= 4 is 40.7 Å². The maximum atomic E-state index is 14.8. The van der Waals surface area contributed by atoms with Crippen molar-refractivity contribution in [3.8, 4) is 11.5 Å². The van der Waals surface area contributed by atoms with E-state index in [2.05, 4.69) is 0 Å². The molecule has 2 aliphatic heterocycles. The molecule has 0 aromatic heterocycles. The van der Waals surface area contributed by atoms with Gasteiger partial charge in [0.15, 0.2) is 28.8 Å². The summed E-state index contributed by atoms with van der Waals surface area (Å²) in [6, 6.07) is 20.9. The van der Waals surface area contributed by atoms with Crippen molar-refractivity contribution in [2.75, 3.05) is 19.1 Å². The van der Waals surface area contributed by atoms with E-state index in [0.717, 1.165) is 0 Å². The first kappa shape index (κ1) is 27.1. The molecular weight excluding hydrogens is 569 g/mol. The van der Waals surface area contributed by atoms with Gasteiger partial charge in [-0.15, -0.1) is 0 Å². The van der Waals surface area contributed by atoms with Gasteiger partial charge in [0.05, 0.1) is 25.3 Å². The Kier molecular flexibility index (Phi) is 6.25. The minimum absolute atomic E-state index is 0.237. The Hall–Kier alpha value is -4.75. The highest BCUT2D eigenvalue weighted by atomic mass is 35.5. The van der Waals surface area contributed by atoms with Crippen LogP contribution in [0.1, 0.15) is 48.1 Å². The summed E-state index contributed by atoms with van der Waals surface area (Å²) in [5.41, 5.74) is 0.593. The van der Waals surface area contributed by atoms with E-state index in [1.54, 1.807) is 89.8 Å². The normalized spacial score (nSPS) is 21.0. The Labute approximate surface area is 252 Å². The number of methoxy groups -OCH3 is 2. The predicted octanol–water partition coefficient (Wildman–Crippen LogP) is 6.81. The van der Waals surface area contributed by atoms with E-state index in [-0.39, 0.29) is 27.9 Å². The highest BCUT2D eigenvalue weighted by molar-refractivity contribution is 6.35. The molecule has 0 bridgehead atoms. The first-order chi connectivity index (χ1) is 20.8. The number of Topliss-reactive ketones (excluding diaryl/α,β-unsaturated/α-hetero) is 3. The van der Waals surface area contributed by atoms with Crippen molar-refractivity contribution in [3.63, 3.8) is 0 Å². The van der Waals surface area contributed by atoms with E-state index >= 15 is 0 Å². The lowest BCUT2D eigenvalue weighted by Crippen LogP contribution is -2.48. The highest BCUT2D eigenvalue weighted by Gasteiger charge is 2.72. The van der Waals surface area contributed by atoms with Crippen LogP contribution in [0.4, 0.5) is 10.1 Å². The summed E-state index contributed by atoms with van der Waals surface area (Å²) in [5.74, 6) is -1.95. The fourth-order valence-corrected chi connectivity index (χ4v) is 7.50. The van der Waals surface area contributed by atoms with Gasteiger partial charge in [-0.1, -0.05) is 72.3 Å². The molecule has 0 amide bonds. The van der Waals surface area contributed by atoms with Gasteiger partial charge in [-0.2, -0.15) is 0 Å². The third-order valence-corrected chi connectivity index (χ3v) is 9.27. The second-order valence-electron chi connectivity index (χ2n) is 10.8. The Morgan fingerprint density at radius 3 is 2.26 bits per heavy atom. The molecule has 7 rings (SSSR count). The Morgan fingerprint density at radius 1 is 0.884 bits per heavy atom. The topological polar surface area (TPSA) is 72.9 Å². The number of hydrogen-bond acceptors (Lipinski definition) is 6. The summed E-state index contributed by atoms with van der Waals surface area (Å²) < 4.78 is 25.9. The molecular formula is C35H25ClFNO5. The van der Waals surface area contributed by atoms with Crippen molar-refractivity contribution in [1.29, 1.82) is 0 Å². The van der Waals surface area contributed by atoms with Crippen molar-refractivity contribution in [2.45, 2.75) is 18.0 Å². The van der Waals surface area contributed by atoms with Gasteiger partial charge >= 0.3 is 0 Å². The summed E-state index contributed by atoms with van der Waals surface area (Å²) in [6.07, 6.45) is 3.45. The lowest BCUT2D eigenvalue weighted by atomic mass is 9.64. The molecule has 0 N–H and O–H groups in total. The Morgan fingerprint density at radius 2 is 1.58 bits per heavy atom. The number of nitrogens with zero attached hydrogens (tertiary/aromatic N) is 1. The first-order valence-corrected chi connectivity index (χ1v) is 14.2. The van der Waals surface area contributed by atoms with Gasteiger partial charge in [0.25, 0.3) is 0 Å². The molecule has 1 aliphatic carbocycles. The van der Waals surface area contributed by atoms with Crippen LogP contribution in [0.2, 0.25) is 5.02 Å². The lowest BCUT2D eigenvalue weighted by Gasteiger charge is -2.37. The molecule has 1 saturated heterocycles. The minimum atomic E-state index is -1.76. The van der Waals surface area contributed by atoms with Crippen LogP contribution in [-0.4, -0.2) is 43.7 Å². The summed E-state index contributed by atoms with van der Waals surface area (Å²) in [5, 5.41) is 0.237. The standard InChI is InChI=1S/C35H25ClFNO5/c1-42-27-13-7-11-24(32(27)43-2)29-30(31(39)23-10-5-6-12-25(23)36)38-26-16-15-20(37)18-19(26)14-17-28(38)35(29)33(40)21-8-3-4-9-22(21)34(35)41/h3-18,28-30H,1-2H3/t28-,29+,30-/m1/s1. The molecule has 0 saturated carbocycles. The maximum absolute atomic E-state index is 14.8. The molecule has 3 aliphatic rings. The number of hydrogen-bond donors (Lipinski definition) is 0. The zero-order valence-electron chi connectivity index (χ0n) is 23.2. The molecule has 2 heterocycles. The predicted molar refractivity (Wildman–Crippen MR) is 161 cm³/mol. The number of fused-ring (bicyclic) bond motifs is 5. The highest BCUT2D eigenvalue weighted by Crippen LogP contribution is 2.62. The van der Waals surface area contributed by atoms with Gasteiger partial charge in [-0.25, -0.2) is 4.39 Å².